The van der Waals surface area contributed by atoms with Gasteiger partial charge in [0.2, 0.25) is 11.6 Å². The van der Waals surface area contributed by atoms with Gasteiger partial charge in [0.25, 0.3) is 10.0 Å². The normalized spacial score (nSPS) is 12.0. The van der Waals surface area contributed by atoms with Crippen LogP contribution in [-0.4, -0.2) is 56.5 Å². The first-order valence-corrected chi connectivity index (χ1v) is 9.77. The Balaban J connectivity index is 2.08. The quantitative estimate of drug-likeness (QED) is 0.242. The number of ketones is 1. The van der Waals surface area contributed by atoms with E-state index in [1.54, 1.807) is 0 Å². The van der Waals surface area contributed by atoms with Gasteiger partial charge in [0.05, 0.1) is 11.5 Å². The van der Waals surface area contributed by atoms with Gasteiger partial charge in [-0.05, 0) is 42.5 Å². The summed E-state index contributed by atoms with van der Waals surface area (Å²) >= 11 is 0. The molecule has 0 atom stereocenters. The largest absolute Gasteiger partial charge is 0.507 e. The minimum atomic E-state index is -4.35. The summed E-state index contributed by atoms with van der Waals surface area (Å²) in [4.78, 5) is 24.0. The molecule has 0 bridgehead atoms. The summed E-state index contributed by atoms with van der Waals surface area (Å²) in [5.41, 5.74) is -0.594. The number of aliphatic hydroxyl groups is 1. The van der Waals surface area contributed by atoms with E-state index in [0.29, 0.717) is 3.97 Å². The highest BCUT2D eigenvalue weighted by Gasteiger charge is 2.26. The summed E-state index contributed by atoms with van der Waals surface area (Å²) in [5, 5.41) is 22.5. The Hall–Kier alpha value is -3.87. The maximum atomic E-state index is 13.2. The van der Waals surface area contributed by atoms with Gasteiger partial charge in [-0.2, -0.15) is 5.21 Å². The lowest BCUT2D eigenvalue weighted by molar-refractivity contribution is 0.0518. The van der Waals surface area contributed by atoms with Crippen LogP contribution in [0.25, 0.3) is 5.76 Å². The molecular formula is C17H14FN5O6S. The van der Waals surface area contributed by atoms with Crippen molar-refractivity contribution in [3.8, 4) is 0 Å². The van der Waals surface area contributed by atoms with Crippen LogP contribution in [-0.2, 0) is 14.8 Å². The van der Waals surface area contributed by atoms with Gasteiger partial charge in [0.15, 0.2) is 0 Å². The molecule has 3 rings (SSSR count). The standard InChI is InChI=1S/C17H14FN5O6S/c1-2-29-17(26)13-7-10(14(24)8-15(25)16-19-21-22-20-16)9-23(13)30(27,28)12-5-3-11(18)4-6-12/h3-9,24H,2H2,1H3,(H,19,20,21,22). The summed E-state index contributed by atoms with van der Waals surface area (Å²) in [6.45, 7) is 1.50. The monoisotopic (exact) mass is 435 g/mol. The number of hydrogen-bond donors (Lipinski definition) is 2. The van der Waals surface area contributed by atoms with E-state index in [0.717, 1.165) is 42.6 Å². The van der Waals surface area contributed by atoms with Crippen LogP contribution in [0.5, 0.6) is 0 Å². The molecule has 0 spiro atoms. The van der Waals surface area contributed by atoms with Crippen molar-refractivity contribution in [2.24, 2.45) is 0 Å². The van der Waals surface area contributed by atoms with Crippen LogP contribution in [0.2, 0.25) is 0 Å². The minimum absolute atomic E-state index is 0.0337. The SMILES string of the molecule is CCOC(=O)c1cc(C(O)=CC(=O)c2nn[nH]n2)cn1S(=O)(=O)c1ccc(F)cc1. The number of halogens is 1. The van der Waals surface area contributed by atoms with Crippen molar-refractivity contribution >= 4 is 27.5 Å². The second kappa shape index (κ2) is 8.24. The molecule has 0 saturated carbocycles. The Labute approximate surface area is 168 Å². The number of ether oxygens (including phenoxy) is 1. The first-order chi connectivity index (χ1) is 14.2. The van der Waals surface area contributed by atoms with E-state index in [4.69, 9.17) is 4.74 Å². The Morgan fingerprint density at radius 1 is 1.30 bits per heavy atom. The Morgan fingerprint density at radius 2 is 2.00 bits per heavy atom. The minimum Gasteiger partial charge on any atom is -0.507 e. The number of aromatic amines is 1. The van der Waals surface area contributed by atoms with Crippen molar-refractivity contribution in [1.82, 2.24) is 24.6 Å². The summed E-state index contributed by atoms with van der Waals surface area (Å²) in [7, 11) is -4.35. The Bertz CT molecular complexity index is 1220. The van der Waals surface area contributed by atoms with E-state index >= 15 is 0 Å². The van der Waals surface area contributed by atoms with Gasteiger partial charge < -0.3 is 9.84 Å². The van der Waals surface area contributed by atoms with E-state index in [2.05, 4.69) is 20.6 Å². The zero-order valence-electron chi connectivity index (χ0n) is 15.3. The molecule has 3 aromatic rings. The summed E-state index contributed by atoms with van der Waals surface area (Å²) < 4.78 is 44.5. The van der Waals surface area contributed by atoms with Crippen LogP contribution in [0.3, 0.4) is 0 Å². The number of rotatable bonds is 7. The number of H-pyrrole nitrogens is 1. The molecule has 156 valence electrons. The van der Waals surface area contributed by atoms with Crippen molar-refractivity contribution in [1.29, 1.82) is 0 Å². The number of nitrogens with zero attached hydrogens (tertiary/aromatic N) is 4. The van der Waals surface area contributed by atoms with Crippen molar-refractivity contribution in [3.63, 3.8) is 0 Å². The molecular weight excluding hydrogens is 421 g/mol. The van der Waals surface area contributed by atoms with E-state index < -0.39 is 39.0 Å². The highest BCUT2D eigenvalue weighted by Crippen LogP contribution is 2.23. The average molecular weight is 435 g/mol. The second-order valence-electron chi connectivity index (χ2n) is 5.72. The first-order valence-electron chi connectivity index (χ1n) is 8.33. The number of carbonyl (C=O) groups excluding carboxylic acids is 2. The number of aliphatic hydroxyl groups excluding tert-OH is 1. The van der Waals surface area contributed by atoms with Gasteiger partial charge in [-0.1, -0.05) is 0 Å². The number of aromatic nitrogens is 5. The average Bonchev–Trinajstić information content (AvgIpc) is 3.39. The van der Waals surface area contributed by atoms with Crippen LogP contribution in [0.4, 0.5) is 4.39 Å². The molecule has 2 aromatic heterocycles. The predicted molar refractivity (Wildman–Crippen MR) is 98.5 cm³/mol. The maximum absolute atomic E-state index is 13.2. The third-order valence-electron chi connectivity index (χ3n) is 3.77. The zero-order chi connectivity index (χ0) is 21.9. The zero-order valence-corrected chi connectivity index (χ0v) is 16.1. The molecule has 2 N–H and O–H groups in total. The van der Waals surface area contributed by atoms with Crippen LogP contribution in [0.1, 0.15) is 33.6 Å². The molecule has 0 saturated heterocycles. The maximum Gasteiger partial charge on any atom is 0.356 e. The van der Waals surface area contributed by atoms with Gasteiger partial charge >= 0.3 is 5.97 Å². The molecule has 2 heterocycles. The van der Waals surface area contributed by atoms with E-state index in [-0.39, 0.29) is 22.9 Å². The van der Waals surface area contributed by atoms with Crippen LogP contribution in [0, 0.1) is 5.82 Å². The Morgan fingerprint density at radius 3 is 2.60 bits per heavy atom. The van der Waals surface area contributed by atoms with Gasteiger partial charge in [0, 0.05) is 17.8 Å². The molecule has 11 nitrogen and oxygen atoms in total. The second-order valence-corrected chi connectivity index (χ2v) is 7.53. The fourth-order valence-electron chi connectivity index (χ4n) is 2.40. The third-order valence-corrected chi connectivity index (χ3v) is 5.46. The lowest BCUT2D eigenvalue weighted by Gasteiger charge is -2.09. The third kappa shape index (κ3) is 4.10. The van der Waals surface area contributed by atoms with Gasteiger partial charge in [0.1, 0.15) is 17.3 Å². The number of hydrogen-bond acceptors (Lipinski definition) is 9. The molecule has 13 heteroatoms. The summed E-state index contributed by atoms with van der Waals surface area (Å²) in [5.74, 6) is -3.41. The fourth-order valence-corrected chi connectivity index (χ4v) is 3.74. The highest BCUT2D eigenvalue weighted by atomic mass is 32.2. The molecule has 30 heavy (non-hydrogen) atoms. The smallest absolute Gasteiger partial charge is 0.356 e. The van der Waals surface area contributed by atoms with E-state index in [1.165, 1.54) is 6.92 Å². The molecule has 1 aromatic carbocycles. The molecule has 0 amide bonds. The number of carbonyl (C=O) groups is 2. The highest BCUT2D eigenvalue weighted by molar-refractivity contribution is 7.90. The number of nitrogens with one attached hydrogen (secondary N) is 1. The molecule has 0 aliphatic rings. The number of tetrazole rings is 1. The molecule has 0 radical (unpaired) electrons. The topological polar surface area (TPSA) is 157 Å². The van der Waals surface area contributed by atoms with Crippen LogP contribution in [0.15, 0.2) is 47.5 Å². The summed E-state index contributed by atoms with van der Waals surface area (Å²) in [6.07, 6.45) is 1.67. The first kappa shape index (κ1) is 20.9. The van der Waals surface area contributed by atoms with Crippen molar-refractivity contribution < 1.29 is 32.2 Å². The number of benzene rings is 1. The van der Waals surface area contributed by atoms with E-state index in [1.807, 2.05) is 0 Å². The van der Waals surface area contributed by atoms with Gasteiger partial charge in [-0.3, -0.25) is 4.79 Å². The van der Waals surface area contributed by atoms with Gasteiger partial charge in [-0.25, -0.2) is 21.6 Å². The Kier molecular flexibility index (Phi) is 5.73. The molecule has 0 aliphatic carbocycles. The van der Waals surface area contributed by atoms with E-state index in [9.17, 15) is 27.5 Å². The van der Waals surface area contributed by atoms with Crippen molar-refractivity contribution in [3.05, 3.63) is 65.5 Å². The van der Waals surface area contributed by atoms with Crippen molar-refractivity contribution in [2.75, 3.05) is 6.61 Å². The summed E-state index contributed by atoms with van der Waals surface area (Å²) in [6, 6.07) is 4.97. The lowest BCUT2D eigenvalue weighted by Crippen LogP contribution is -2.19. The van der Waals surface area contributed by atoms with Gasteiger partial charge in [-0.15, -0.1) is 10.2 Å². The van der Waals surface area contributed by atoms with Crippen LogP contribution >= 0.6 is 0 Å². The number of allylic oxidation sites excluding steroid dienone is 1. The van der Waals surface area contributed by atoms with Crippen LogP contribution < -0.4 is 0 Å². The molecule has 0 unspecified atom stereocenters. The van der Waals surface area contributed by atoms with Crippen molar-refractivity contribution in [2.45, 2.75) is 11.8 Å². The molecule has 0 fully saturated rings. The number of esters is 1. The predicted octanol–water partition coefficient (Wildman–Crippen LogP) is 1.34. The fraction of sp³-hybridized carbons (Fsp3) is 0.118. The molecule has 0 aliphatic heterocycles. The lowest BCUT2D eigenvalue weighted by atomic mass is 10.2.